The molecule has 0 aliphatic rings. The normalized spacial score (nSPS) is 11.8. The smallest absolute Gasteiger partial charge is 0.333 e. The Kier molecular flexibility index (Phi) is 5.27. The summed E-state index contributed by atoms with van der Waals surface area (Å²) in [6.07, 6.45) is 0.178. The fourth-order valence-electron chi connectivity index (χ4n) is 2.03. The fraction of sp³-hybridized carbons (Fsp3) is 0.250. The molecule has 0 fully saturated rings. The Balaban J connectivity index is 2.17. The number of carbonyl (C=O) groups excluding carboxylic acids is 2. The molecule has 22 heavy (non-hydrogen) atoms. The minimum absolute atomic E-state index is 0.178. The second-order valence-corrected chi connectivity index (χ2v) is 5.62. The highest BCUT2D eigenvalue weighted by Crippen LogP contribution is 2.18. The van der Waals surface area contributed by atoms with Gasteiger partial charge in [-0.1, -0.05) is 12.1 Å². The van der Waals surface area contributed by atoms with Crippen molar-refractivity contribution in [2.75, 3.05) is 7.11 Å². The molecule has 0 aliphatic heterocycles. The molecule has 116 valence electrons. The van der Waals surface area contributed by atoms with Crippen LogP contribution in [0.1, 0.15) is 22.7 Å². The van der Waals surface area contributed by atoms with Crippen LogP contribution in [0.2, 0.25) is 0 Å². The van der Waals surface area contributed by atoms with Crippen molar-refractivity contribution >= 4 is 23.2 Å². The predicted molar refractivity (Wildman–Crippen MR) is 82.1 cm³/mol. The first-order valence-electron chi connectivity index (χ1n) is 6.65. The molecule has 4 nitrogen and oxygen atoms in total. The van der Waals surface area contributed by atoms with E-state index in [2.05, 4.69) is 5.32 Å². The van der Waals surface area contributed by atoms with Crippen molar-refractivity contribution in [3.63, 3.8) is 0 Å². The second-order valence-electron chi connectivity index (χ2n) is 4.84. The molecule has 1 amide bonds. The number of esters is 1. The predicted octanol–water partition coefficient (Wildman–Crippen LogP) is 2.77. The Morgan fingerprint density at radius 3 is 2.73 bits per heavy atom. The van der Waals surface area contributed by atoms with E-state index in [4.69, 9.17) is 4.74 Å². The van der Waals surface area contributed by atoms with E-state index in [1.165, 1.54) is 36.6 Å². The lowest BCUT2D eigenvalue weighted by Crippen LogP contribution is -2.35. The van der Waals surface area contributed by atoms with Crippen LogP contribution in [0.3, 0.4) is 0 Å². The molecule has 1 aromatic carbocycles. The van der Waals surface area contributed by atoms with Gasteiger partial charge in [0.05, 0.1) is 13.5 Å². The van der Waals surface area contributed by atoms with Crippen LogP contribution < -0.4 is 5.32 Å². The summed E-state index contributed by atoms with van der Waals surface area (Å²) in [6.45, 7) is 1.60. The van der Waals surface area contributed by atoms with Gasteiger partial charge in [0.1, 0.15) is 5.82 Å². The van der Waals surface area contributed by atoms with E-state index < -0.39 is 12.0 Å². The number of amides is 1. The number of ether oxygens (including phenoxy) is 1. The zero-order chi connectivity index (χ0) is 16.1. The SMILES string of the molecule is COC(=O)C(NC(=O)Cc1ccsc1)c1ccc(F)c(C)c1. The zero-order valence-corrected chi connectivity index (χ0v) is 13.1. The van der Waals surface area contributed by atoms with E-state index >= 15 is 0 Å². The number of nitrogens with one attached hydrogen (secondary N) is 1. The van der Waals surface area contributed by atoms with Crippen molar-refractivity contribution in [2.45, 2.75) is 19.4 Å². The number of rotatable bonds is 5. The largest absolute Gasteiger partial charge is 0.467 e. The zero-order valence-electron chi connectivity index (χ0n) is 12.3. The molecule has 1 N–H and O–H groups in total. The van der Waals surface area contributed by atoms with Gasteiger partial charge in [-0.2, -0.15) is 11.3 Å². The molecule has 0 aliphatic carbocycles. The average molecular weight is 321 g/mol. The number of methoxy groups -OCH3 is 1. The fourth-order valence-corrected chi connectivity index (χ4v) is 2.70. The lowest BCUT2D eigenvalue weighted by molar-refractivity contribution is -0.145. The molecular weight excluding hydrogens is 305 g/mol. The number of thiophene rings is 1. The van der Waals surface area contributed by atoms with E-state index in [1.54, 1.807) is 6.92 Å². The highest BCUT2D eigenvalue weighted by molar-refractivity contribution is 7.08. The Bertz CT molecular complexity index is 670. The quantitative estimate of drug-likeness (QED) is 0.862. The van der Waals surface area contributed by atoms with E-state index in [1.807, 2.05) is 16.8 Å². The number of aryl methyl sites for hydroxylation is 1. The molecule has 1 unspecified atom stereocenters. The van der Waals surface area contributed by atoms with Crippen molar-refractivity contribution in [2.24, 2.45) is 0 Å². The van der Waals surface area contributed by atoms with E-state index in [0.717, 1.165) is 5.56 Å². The van der Waals surface area contributed by atoms with Crippen LogP contribution in [-0.4, -0.2) is 19.0 Å². The van der Waals surface area contributed by atoms with Gasteiger partial charge < -0.3 is 10.1 Å². The van der Waals surface area contributed by atoms with Crippen molar-refractivity contribution in [1.29, 1.82) is 0 Å². The first-order valence-corrected chi connectivity index (χ1v) is 7.60. The van der Waals surface area contributed by atoms with Crippen LogP contribution in [0, 0.1) is 12.7 Å². The molecule has 1 atom stereocenters. The summed E-state index contributed by atoms with van der Waals surface area (Å²) in [6, 6.07) is 5.16. The van der Waals surface area contributed by atoms with Gasteiger partial charge in [0.15, 0.2) is 6.04 Å². The summed E-state index contributed by atoms with van der Waals surface area (Å²) < 4.78 is 18.1. The van der Waals surface area contributed by atoms with Crippen LogP contribution in [0.25, 0.3) is 0 Å². The van der Waals surface area contributed by atoms with Crippen LogP contribution in [-0.2, 0) is 20.7 Å². The second kappa shape index (κ2) is 7.17. The number of benzene rings is 1. The van der Waals surface area contributed by atoms with Crippen molar-refractivity contribution < 1.29 is 18.7 Å². The maximum atomic E-state index is 13.4. The topological polar surface area (TPSA) is 55.4 Å². The van der Waals surface area contributed by atoms with E-state index in [0.29, 0.717) is 11.1 Å². The Morgan fingerprint density at radius 2 is 2.14 bits per heavy atom. The summed E-state index contributed by atoms with van der Waals surface area (Å²) in [7, 11) is 1.25. The van der Waals surface area contributed by atoms with Gasteiger partial charge in [0.25, 0.3) is 0 Å². The van der Waals surface area contributed by atoms with E-state index in [9.17, 15) is 14.0 Å². The maximum absolute atomic E-state index is 13.4. The first kappa shape index (κ1) is 16.2. The third-order valence-corrected chi connectivity index (χ3v) is 3.93. The number of halogens is 1. The van der Waals surface area contributed by atoms with Crippen LogP contribution in [0.4, 0.5) is 4.39 Å². The standard InChI is InChI=1S/C16H16FNO3S/c1-10-7-12(3-4-13(10)17)15(16(20)21-2)18-14(19)8-11-5-6-22-9-11/h3-7,9,15H,8H2,1-2H3,(H,18,19). The lowest BCUT2D eigenvalue weighted by atomic mass is 10.0. The number of carbonyl (C=O) groups is 2. The van der Waals surface area contributed by atoms with Gasteiger partial charge in [-0.15, -0.1) is 0 Å². The highest BCUT2D eigenvalue weighted by atomic mass is 32.1. The summed E-state index contributed by atoms with van der Waals surface area (Å²) >= 11 is 1.50. The van der Waals surface area contributed by atoms with Crippen LogP contribution in [0.15, 0.2) is 35.0 Å². The molecule has 6 heteroatoms. The molecule has 1 heterocycles. The molecule has 0 saturated carbocycles. The van der Waals surface area contributed by atoms with Crippen molar-refractivity contribution in [1.82, 2.24) is 5.32 Å². The van der Waals surface area contributed by atoms with Gasteiger partial charge >= 0.3 is 5.97 Å². The molecule has 0 spiro atoms. The Morgan fingerprint density at radius 1 is 1.36 bits per heavy atom. The summed E-state index contributed by atoms with van der Waals surface area (Å²) in [5.74, 6) is -1.25. The summed E-state index contributed by atoms with van der Waals surface area (Å²) in [5.41, 5.74) is 1.77. The van der Waals surface area contributed by atoms with Gasteiger partial charge in [-0.3, -0.25) is 4.79 Å². The van der Waals surface area contributed by atoms with E-state index in [-0.39, 0.29) is 18.1 Å². The van der Waals surface area contributed by atoms with Gasteiger partial charge in [-0.05, 0) is 46.5 Å². The minimum Gasteiger partial charge on any atom is -0.467 e. The lowest BCUT2D eigenvalue weighted by Gasteiger charge is -2.17. The third kappa shape index (κ3) is 3.92. The third-order valence-electron chi connectivity index (χ3n) is 3.20. The first-order chi connectivity index (χ1) is 10.5. The van der Waals surface area contributed by atoms with Gasteiger partial charge in [0.2, 0.25) is 5.91 Å². The summed E-state index contributed by atoms with van der Waals surface area (Å²) in [4.78, 5) is 24.0. The van der Waals surface area contributed by atoms with Crippen LogP contribution in [0.5, 0.6) is 0 Å². The van der Waals surface area contributed by atoms with Gasteiger partial charge in [0, 0.05) is 0 Å². The molecule has 0 saturated heterocycles. The summed E-state index contributed by atoms with van der Waals surface area (Å²) in [5, 5.41) is 6.39. The number of hydrogen-bond acceptors (Lipinski definition) is 4. The molecule has 0 bridgehead atoms. The maximum Gasteiger partial charge on any atom is 0.333 e. The number of hydrogen-bond donors (Lipinski definition) is 1. The van der Waals surface area contributed by atoms with Crippen molar-refractivity contribution in [3.05, 3.63) is 57.5 Å². The molecular formula is C16H16FNO3S. The molecule has 2 aromatic rings. The van der Waals surface area contributed by atoms with Crippen LogP contribution >= 0.6 is 11.3 Å². The van der Waals surface area contributed by atoms with Crippen molar-refractivity contribution in [3.8, 4) is 0 Å². The Hall–Kier alpha value is -2.21. The average Bonchev–Trinajstić information content (AvgIpc) is 3.00. The molecule has 2 rings (SSSR count). The van der Waals surface area contributed by atoms with Gasteiger partial charge in [-0.25, -0.2) is 9.18 Å². The Labute approximate surface area is 131 Å². The highest BCUT2D eigenvalue weighted by Gasteiger charge is 2.24. The molecule has 0 radical (unpaired) electrons. The molecule has 1 aromatic heterocycles. The monoisotopic (exact) mass is 321 g/mol. The minimum atomic E-state index is -0.949.